The molecule has 5 heteroatoms. The summed E-state index contributed by atoms with van der Waals surface area (Å²) in [5, 5.41) is 2.04. The predicted molar refractivity (Wildman–Crippen MR) is 89.4 cm³/mol. The third-order valence-corrected chi connectivity index (χ3v) is 5.57. The monoisotopic (exact) mass is 312 g/mol. The van der Waals surface area contributed by atoms with Gasteiger partial charge in [-0.05, 0) is 48.6 Å². The van der Waals surface area contributed by atoms with Crippen LogP contribution in [0.5, 0.6) is 0 Å². The first-order valence-corrected chi connectivity index (χ1v) is 8.31. The molecule has 0 atom stereocenters. The number of fused-ring (bicyclic) bond motifs is 3. The number of rotatable bonds is 1. The van der Waals surface area contributed by atoms with Crippen LogP contribution < -0.4 is 10.1 Å². The molecule has 3 heterocycles. The molecule has 0 amide bonds. The van der Waals surface area contributed by atoms with Crippen molar-refractivity contribution in [3.63, 3.8) is 0 Å². The first-order chi connectivity index (χ1) is 10.1. The Hall–Kier alpha value is -1.98. The number of thiophene rings is 1. The summed E-state index contributed by atoms with van der Waals surface area (Å²) in [5.41, 5.74) is 4.14. The number of thiazole rings is 1. The van der Waals surface area contributed by atoms with Gasteiger partial charge in [0, 0.05) is 4.88 Å². The van der Waals surface area contributed by atoms with Gasteiger partial charge in [-0.2, -0.15) is 0 Å². The summed E-state index contributed by atoms with van der Waals surface area (Å²) >= 11 is 3.11. The molecule has 0 unspecified atom stereocenters. The van der Waals surface area contributed by atoms with Gasteiger partial charge in [-0.15, -0.1) is 11.3 Å². The average Bonchev–Trinajstić information content (AvgIpc) is 3.10. The van der Waals surface area contributed by atoms with Crippen LogP contribution in [-0.4, -0.2) is 9.38 Å². The summed E-state index contributed by atoms with van der Waals surface area (Å²) in [5.74, 6) is 0. The van der Waals surface area contributed by atoms with Crippen molar-refractivity contribution in [2.45, 2.75) is 13.8 Å². The largest absolute Gasteiger partial charge is 0.274 e. The minimum absolute atomic E-state index is 0.0240. The Kier molecular flexibility index (Phi) is 2.74. The van der Waals surface area contributed by atoms with Crippen molar-refractivity contribution in [2.24, 2.45) is 0 Å². The molecule has 4 aromatic rings. The highest BCUT2D eigenvalue weighted by molar-refractivity contribution is 7.15. The molecule has 104 valence electrons. The van der Waals surface area contributed by atoms with Crippen molar-refractivity contribution in [2.75, 3.05) is 0 Å². The van der Waals surface area contributed by atoms with Crippen LogP contribution in [-0.2, 0) is 0 Å². The maximum Gasteiger partial charge on any atom is 0.274 e. The maximum absolute atomic E-state index is 12.7. The van der Waals surface area contributed by atoms with E-state index in [4.69, 9.17) is 0 Å². The summed E-state index contributed by atoms with van der Waals surface area (Å²) in [6.07, 6.45) is 1.98. The highest BCUT2D eigenvalue weighted by atomic mass is 32.1. The topological polar surface area (TPSA) is 34.4 Å². The fourth-order valence-electron chi connectivity index (χ4n) is 2.48. The fourth-order valence-corrected chi connectivity index (χ4v) is 4.37. The van der Waals surface area contributed by atoms with Gasteiger partial charge in [0.2, 0.25) is 0 Å². The van der Waals surface area contributed by atoms with E-state index in [1.165, 1.54) is 16.9 Å². The van der Waals surface area contributed by atoms with Crippen LogP contribution in [0.2, 0.25) is 0 Å². The third-order valence-electron chi connectivity index (χ3n) is 3.64. The van der Waals surface area contributed by atoms with Gasteiger partial charge >= 0.3 is 0 Å². The number of imidazole rings is 1. The maximum atomic E-state index is 12.7. The lowest BCUT2D eigenvalue weighted by atomic mass is 10.2. The van der Waals surface area contributed by atoms with Crippen molar-refractivity contribution in [3.05, 3.63) is 60.5 Å². The van der Waals surface area contributed by atoms with Crippen LogP contribution >= 0.6 is 22.7 Å². The van der Waals surface area contributed by atoms with Gasteiger partial charge < -0.3 is 0 Å². The van der Waals surface area contributed by atoms with Crippen molar-refractivity contribution in [1.29, 1.82) is 0 Å². The Labute approximate surface area is 128 Å². The third kappa shape index (κ3) is 1.85. The zero-order chi connectivity index (χ0) is 14.6. The summed E-state index contributed by atoms with van der Waals surface area (Å²) in [6, 6.07) is 8.01. The number of hydrogen-bond donors (Lipinski definition) is 0. The van der Waals surface area contributed by atoms with E-state index in [9.17, 15) is 4.79 Å². The van der Waals surface area contributed by atoms with E-state index in [1.54, 1.807) is 15.7 Å². The lowest BCUT2D eigenvalue weighted by Crippen LogP contribution is -2.22. The van der Waals surface area contributed by atoms with Gasteiger partial charge in [0.1, 0.15) is 0 Å². The van der Waals surface area contributed by atoms with E-state index in [0.29, 0.717) is 0 Å². The minimum atomic E-state index is 0.0240. The molecule has 0 fully saturated rings. The molecule has 4 rings (SSSR count). The quantitative estimate of drug-likeness (QED) is 0.541. The van der Waals surface area contributed by atoms with Gasteiger partial charge in [-0.25, -0.2) is 9.38 Å². The zero-order valence-corrected chi connectivity index (χ0v) is 13.2. The fraction of sp³-hybridized carbons (Fsp3) is 0.125. The minimum Gasteiger partial charge on any atom is -0.267 e. The van der Waals surface area contributed by atoms with E-state index < -0.39 is 0 Å². The summed E-state index contributed by atoms with van der Waals surface area (Å²) in [7, 11) is 0. The molecule has 0 aliphatic carbocycles. The molecule has 0 saturated carbocycles. The van der Waals surface area contributed by atoms with Crippen molar-refractivity contribution >= 4 is 44.7 Å². The van der Waals surface area contributed by atoms with Gasteiger partial charge in [-0.1, -0.05) is 23.5 Å². The Bertz CT molecular complexity index is 1090. The number of aryl methyl sites for hydroxylation is 2. The molecule has 21 heavy (non-hydrogen) atoms. The molecule has 0 radical (unpaired) electrons. The summed E-state index contributed by atoms with van der Waals surface area (Å²) in [6.45, 7) is 4.08. The Morgan fingerprint density at radius 1 is 1.19 bits per heavy atom. The zero-order valence-electron chi connectivity index (χ0n) is 11.6. The molecule has 0 saturated heterocycles. The Morgan fingerprint density at radius 3 is 2.81 bits per heavy atom. The van der Waals surface area contributed by atoms with Crippen LogP contribution in [0.25, 0.3) is 22.1 Å². The van der Waals surface area contributed by atoms with E-state index in [0.717, 1.165) is 31.0 Å². The molecule has 0 bridgehead atoms. The van der Waals surface area contributed by atoms with Gasteiger partial charge in [0.25, 0.3) is 5.56 Å². The molecule has 3 nitrogen and oxygen atoms in total. The first-order valence-electron chi connectivity index (χ1n) is 6.61. The molecule has 3 aromatic heterocycles. The highest BCUT2D eigenvalue weighted by Gasteiger charge is 2.12. The smallest absolute Gasteiger partial charge is 0.267 e. The van der Waals surface area contributed by atoms with Crippen LogP contribution in [0.4, 0.5) is 0 Å². The molecular weight excluding hydrogens is 300 g/mol. The summed E-state index contributed by atoms with van der Waals surface area (Å²) in [4.78, 5) is 19.2. The number of benzene rings is 1. The van der Waals surface area contributed by atoms with E-state index in [2.05, 4.69) is 18.0 Å². The van der Waals surface area contributed by atoms with E-state index in [1.807, 2.05) is 36.6 Å². The number of para-hydroxylation sites is 1. The van der Waals surface area contributed by atoms with Crippen molar-refractivity contribution < 1.29 is 0 Å². The average molecular weight is 312 g/mol. The standard InChI is InChI=1S/C16H12N2OS2/c1-9-6-7-20-12(9)8-13-15(19)18-11-5-3-4-10(2)14(11)17-16(18)21-13/h3-8H,1-2H3/b13-8+. The van der Waals surface area contributed by atoms with Gasteiger partial charge in [0.15, 0.2) is 4.96 Å². The molecule has 1 aromatic carbocycles. The second-order valence-corrected chi connectivity index (χ2v) is 7.01. The van der Waals surface area contributed by atoms with Crippen LogP contribution in [0.1, 0.15) is 16.0 Å². The predicted octanol–water partition coefficient (Wildman–Crippen LogP) is 3.14. The SMILES string of the molecule is Cc1ccsc1/C=c1/sc2nc3c(C)cccc3n2c1=O. The molecular formula is C16H12N2OS2. The van der Waals surface area contributed by atoms with Crippen molar-refractivity contribution in [3.8, 4) is 0 Å². The van der Waals surface area contributed by atoms with E-state index in [-0.39, 0.29) is 5.56 Å². The van der Waals surface area contributed by atoms with E-state index >= 15 is 0 Å². The molecule has 0 N–H and O–H groups in total. The lowest BCUT2D eigenvalue weighted by molar-refractivity contribution is 1.19. The molecule has 0 spiro atoms. The summed E-state index contributed by atoms with van der Waals surface area (Å²) < 4.78 is 2.47. The lowest BCUT2D eigenvalue weighted by Gasteiger charge is -1.92. The first kappa shape index (κ1) is 12.7. The number of hydrogen-bond acceptors (Lipinski definition) is 4. The Balaban J connectivity index is 2.09. The van der Waals surface area contributed by atoms with Crippen molar-refractivity contribution in [1.82, 2.24) is 9.38 Å². The van der Waals surface area contributed by atoms with Gasteiger partial charge in [0.05, 0.1) is 15.6 Å². The normalized spacial score (nSPS) is 12.8. The second-order valence-electron chi connectivity index (χ2n) is 5.06. The second kappa shape index (κ2) is 4.51. The van der Waals surface area contributed by atoms with Crippen LogP contribution in [0, 0.1) is 13.8 Å². The van der Waals surface area contributed by atoms with Crippen LogP contribution in [0.3, 0.4) is 0 Å². The Morgan fingerprint density at radius 2 is 2.05 bits per heavy atom. The number of aromatic nitrogens is 2. The highest BCUT2D eigenvalue weighted by Crippen LogP contribution is 2.20. The number of nitrogens with zero attached hydrogens (tertiary/aromatic N) is 2. The van der Waals surface area contributed by atoms with Crippen LogP contribution in [0.15, 0.2) is 34.4 Å². The molecule has 0 aliphatic heterocycles. The van der Waals surface area contributed by atoms with Gasteiger partial charge in [-0.3, -0.25) is 4.79 Å². The molecule has 0 aliphatic rings.